The Morgan fingerprint density at radius 3 is 3.06 bits per heavy atom. The molecule has 0 radical (unpaired) electrons. The third kappa shape index (κ3) is 1.90. The first-order valence-electron chi connectivity index (χ1n) is 6.55. The molecule has 2 saturated heterocycles. The minimum absolute atomic E-state index is 0.447. The maximum absolute atomic E-state index is 4.75. The van der Waals surface area contributed by atoms with Gasteiger partial charge in [-0.3, -0.25) is 4.98 Å². The minimum atomic E-state index is 0.447. The van der Waals surface area contributed by atoms with Gasteiger partial charge in [0.1, 0.15) is 5.82 Å². The molecular formula is C13H20N4. The Balaban J connectivity index is 1.86. The summed E-state index contributed by atoms with van der Waals surface area (Å²) < 4.78 is 0. The number of rotatable bonds is 2. The van der Waals surface area contributed by atoms with Crippen molar-refractivity contribution in [3.63, 3.8) is 0 Å². The number of hydrogen-bond donors (Lipinski definition) is 1. The number of nitrogens with zero attached hydrogens (tertiary/aromatic N) is 3. The summed E-state index contributed by atoms with van der Waals surface area (Å²) in [5.74, 6) is 2.31. The molecule has 1 aromatic heterocycles. The quantitative estimate of drug-likeness (QED) is 0.837. The SMILES string of the molecule is CC(C)c1cncc(N2CC[C@@H]3CNC[C@@H]32)n1. The van der Waals surface area contributed by atoms with Gasteiger partial charge in [0.15, 0.2) is 0 Å². The van der Waals surface area contributed by atoms with Gasteiger partial charge in [-0.15, -0.1) is 0 Å². The highest BCUT2D eigenvalue weighted by molar-refractivity contribution is 5.41. The van der Waals surface area contributed by atoms with E-state index < -0.39 is 0 Å². The van der Waals surface area contributed by atoms with Gasteiger partial charge in [0, 0.05) is 31.9 Å². The topological polar surface area (TPSA) is 41.1 Å². The highest BCUT2D eigenvalue weighted by atomic mass is 15.3. The molecule has 0 bridgehead atoms. The molecule has 0 aromatic carbocycles. The lowest BCUT2D eigenvalue weighted by Crippen LogP contribution is -2.34. The van der Waals surface area contributed by atoms with E-state index in [0.717, 1.165) is 30.5 Å². The molecule has 3 rings (SSSR count). The van der Waals surface area contributed by atoms with E-state index in [1.807, 2.05) is 12.4 Å². The average Bonchev–Trinajstić information content (AvgIpc) is 2.90. The van der Waals surface area contributed by atoms with Crippen molar-refractivity contribution < 1.29 is 0 Å². The van der Waals surface area contributed by atoms with Crippen molar-refractivity contribution >= 4 is 5.82 Å². The standard InChI is InChI=1S/C13H20N4/c1-9(2)11-6-15-8-13(16-11)17-4-3-10-5-14-7-12(10)17/h6,8-10,12,14H,3-5,7H2,1-2H3/t10-,12+/m1/s1. The monoisotopic (exact) mass is 232 g/mol. The van der Waals surface area contributed by atoms with Gasteiger partial charge < -0.3 is 10.2 Å². The molecule has 4 nitrogen and oxygen atoms in total. The minimum Gasteiger partial charge on any atom is -0.351 e. The fourth-order valence-electron chi connectivity index (χ4n) is 2.92. The van der Waals surface area contributed by atoms with Crippen molar-refractivity contribution in [2.24, 2.45) is 5.92 Å². The Bertz CT molecular complexity index is 404. The zero-order chi connectivity index (χ0) is 11.8. The van der Waals surface area contributed by atoms with Crippen molar-refractivity contribution in [2.75, 3.05) is 24.5 Å². The molecule has 0 aliphatic carbocycles. The van der Waals surface area contributed by atoms with Crippen LogP contribution in [0.15, 0.2) is 12.4 Å². The molecule has 2 fully saturated rings. The largest absolute Gasteiger partial charge is 0.351 e. The highest BCUT2D eigenvalue weighted by Crippen LogP contribution is 2.30. The Hall–Kier alpha value is -1.16. The molecule has 1 aromatic rings. The molecule has 0 unspecified atom stereocenters. The van der Waals surface area contributed by atoms with E-state index in [-0.39, 0.29) is 0 Å². The Morgan fingerprint density at radius 2 is 2.24 bits per heavy atom. The molecule has 4 heteroatoms. The number of aromatic nitrogens is 2. The van der Waals surface area contributed by atoms with Crippen molar-refractivity contribution in [3.8, 4) is 0 Å². The third-order valence-electron chi connectivity index (χ3n) is 3.97. The molecule has 92 valence electrons. The summed E-state index contributed by atoms with van der Waals surface area (Å²) in [5, 5.41) is 3.47. The fraction of sp³-hybridized carbons (Fsp3) is 0.692. The molecule has 2 aliphatic heterocycles. The molecule has 2 atom stereocenters. The summed E-state index contributed by atoms with van der Waals surface area (Å²) in [5.41, 5.74) is 1.09. The lowest BCUT2D eigenvalue weighted by Gasteiger charge is -2.24. The second kappa shape index (κ2) is 4.26. The molecule has 1 N–H and O–H groups in total. The lowest BCUT2D eigenvalue weighted by atomic mass is 10.1. The number of hydrogen-bond acceptors (Lipinski definition) is 4. The van der Waals surface area contributed by atoms with E-state index in [4.69, 9.17) is 4.98 Å². The summed E-state index contributed by atoms with van der Waals surface area (Å²) >= 11 is 0. The van der Waals surface area contributed by atoms with Crippen molar-refractivity contribution in [1.29, 1.82) is 0 Å². The van der Waals surface area contributed by atoms with Gasteiger partial charge in [0.25, 0.3) is 0 Å². The van der Waals surface area contributed by atoms with Gasteiger partial charge in [-0.05, 0) is 18.3 Å². The first-order chi connectivity index (χ1) is 8.25. The Morgan fingerprint density at radius 1 is 1.35 bits per heavy atom. The Kier molecular flexibility index (Phi) is 2.74. The van der Waals surface area contributed by atoms with Gasteiger partial charge in [0.05, 0.1) is 11.9 Å². The maximum atomic E-state index is 4.75. The first kappa shape index (κ1) is 11.0. The van der Waals surface area contributed by atoms with Crippen LogP contribution in [-0.4, -0.2) is 35.6 Å². The van der Waals surface area contributed by atoms with Crippen LogP contribution in [0.5, 0.6) is 0 Å². The second-order valence-corrected chi connectivity index (χ2v) is 5.42. The summed E-state index contributed by atoms with van der Waals surface area (Å²) in [4.78, 5) is 11.5. The van der Waals surface area contributed by atoms with Gasteiger partial charge in [0.2, 0.25) is 0 Å². The van der Waals surface area contributed by atoms with Crippen LogP contribution in [0, 0.1) is 5.92 Å². The predicted octanol–water partition coefficient (Wildman–Crippen LogP) is 1.40. The van der Waals surface area contributed by atoms with E-state index in [0.29, 0.717) is 12.0 Å². The maximum Gasteiger partial charge on any atom is 0.147 e. The number of fused-ring (bicyclic) bond motifs is 1. The van der Waals surface area contributed by atoms with E-state index in [1.54, 1.807) is 0 Å². The summed E-state index contributed by atoms with van der Waals surface area (Å²) in [6, 6.07) is 0.631. The summed E-state index contributed by atoms with van der Waals surface area (Å²) in [6.07, 6.45) is 5.08. The van der Waals surface area contributed by atoms with Crippen LogP contribution in [0.4, 0.5) is 5.82 Å². The molecule has 0 amide bonds. The van der Waals surface area contributed by atoms with Crippen molar-refractivity contribution in [3.05, 3.63) is 18.1 Å². The van der Waals surface area contributed by atoms with Crippen LogP contribution >= 0.6 is 0 Å². The molecule has 3 heterocycles. The van der Waals surface area contributed by atoms with Crippen LogP contribution in [0.1, 0.15) is 31.9 Å². The lowest BCUT2D eigenvalue weighted by molar-refractivity contribution is 0.577. The normalized spacial score (nSPS) is 27.8. The number of anilines is 1. The van der Waals surface area contributed by atoms with E-state index in [2.05, 4.69) is 29.0 Å². The van der Waals surface area contributed by atoms with Crippen LogP contribution < -0.4 is 10.2 Å². The predicted molar refractivity (Wildman–Crippen MR) is 68.2 cm³/mol. The first-order valence-corrected chi connectivity index (χ1v) is 6.55. The van der Waals surface area contributed by atoms with Gasteiger partial charge in [-0.1, -0.05) is 13.8 Å². The molecule has 17 heavy (non-hydrogen) atoms. The second-order valence-electron chi connectivity index (χ2n) is 5.42. The van der Waals surface area contributed by atoms with E-state index in [1.165, 1.54) is 13.0 Å². The van der Waals surface area contributed by atoms with Crippen molar-refractivity contribution in [2.45, 2.75) is 32.2 Å². The molecule has 0 spiro atoms. The van der Waals surface area contributed by atoms with E-state index >= 15 is 0 Å². The smallest absolute Gasteiger partial charge is 0.147 e. The van der Waals surface area contributed by atoms with Crippen LogP contribution in [0.2, 0.25) is 0 Å². The van der Waals surface area contributed by atoms with Crippen LogP contribution in [0.3, 0.4) is 0 Å². The van der Waals surface area contributed by atoms with Gasteiger partial charge in [-0.2, -0.15) is 0 Å². The summed E-state index contributed by atoms with van der Waals surface area (Å²) in [7, 11) is 0. The zero-order valence-electron chi connectivity index (χ0n) is 10.6. The fourth-order valence-corrected chi connectivity index (χ4v) is 2.92. The van der Waals surface area contributed by atoms with Crippen LogP contribution in [-0.2, 0) is 0 Å². The molecular weight excluding hydrogens is 212 g/mol. The number of nitrogens with one attached hydrogen (secondary N) is 1. The zero-order valence-corrected chi connectivity index (χ0v) is 10.6. The van der Waals surface area contributed by atoms with Crippen LogP contribution in [0.25, 0.3) is 0 Å². The third-order valence-corrected chi connectivity index (χ3v) is 3.97. The summed E-state index contributed by atoms with van der Waals surface area (Å²) in [6.45, 7) is 7.72. The van der Waals surface area contributed by atoms with Crippen molar-refractivity contribution in [1.82, 2.24) is 15.3 Å². The van der Waals surface area contributed by atoms with Gasteiger partial charge in [-0.25, -0.2) is 4.98 Å². The highest BCUT2D eigenvalue weighted by Gasteiger charge is 2.38. The Labute approximate surface area is 102 Å². The molecule has 0 saturated carbocycles. The van der Waals surface area contributed by atoms with Gasteiger partial charge >= 0.3 is 0 Å². The average molecular weight is 232 g/mol. The molecule has 2 aliphatic rings. The van der Waals surface area contributed by atoms with E-state index in [9.17, 15) is 0 Å².